The molecule has 16 heavy (non-hydrogen) atoms. The van der Waals surface area contributed by atoms with Gasteiger partial charge in [0.1, 0.15) is 5.82 Å². The van der Waals surface area contributed by atoms with Crippen molar-refractivity contribution in [3.8, 4) is 0 Å². The van der Waals surface area contributed by atoms with Crippen LogP contribution < -0.4 is 11.5 Å². The van der Waals surface area contributed by atoms with Gasteiger partial charge in [0.05, 0.1) is 0 Å². The monoisotopic (exact) mass is 242 g/mol. The van der Waals surface area contributed by atoms with Crippen molar-refractivity contribution >= 4 is 11.6 Å². The molecule has 1 aromatic carbocycles. The molecular formula is C12H16ClFN2. The first kappa shape index (κ1) is 11.8. The second-order valence-corrected chi connectivity index (χ2v) is 5.05. The molecule has 88 valence electrons. The fraction of sp³-hybridized carbons (Fsp3) is 0.500. The second kappa shape index (κ2) is 4.32. The molecule has 0 bridgehead atoms. The topological polar surface area (TPSA) is 52.0 Å². The molecule has 1 saturated carbocycles. The Morgan fingerprint density at radius 1 is 1.44 bits per heavy atom. The Morgan fingerprint density at radius 3 is 2.62 bits per heavy atom. The number of benzene rings is 1. The van der Waals surface area contributed by atoms with Gasteiger partial charge in [0.2, 0.25) is 0 Å². The van der Waals surface area contributed by atoms with Crippen molar-refractivity contribution in [2.75, 3.05) is 0 Å². The lowest BCUT2D eigenvalue weighted by atomic mass is 9.74. The molecular weight excluding hydrogens is 227 g/mol. The molecule has 1 aromatic rings. The van der Waals surface area contributed by atoms with Gasteiger partial charge in [-0.2, -0.15) is 0 Å². The van der Waals surface area contributed by atoms with Gasteiger partial charge in [-0.1, -0.05) is 11.6 Å². The molecule has 0 radical (unpaired) electrons. The molecule has 1 unspecified atom stereocenters. The molecule has 2 rings (SSSR count). The van der Waals surface area contributed by atoms with Crippen LogP contribution in [-0.2, 0) is 0 Å². The minimum atomic E-state index is -0.251. The molecule has 1 fully saturated rings. The van der Waals surface area contributed by atoms with Crippen molar-refractivity contribution in [2.24, 2.45) is 17.4 Å². The maximum absolute atomic E-state index is 13.4. The summed E-state index contributed by atoms with van der Waals surface area (Å²) in [6.45, 7) is 1.69. The van der Waals surface area contributed by atoms with Gasteiger partial charge in [0.25, 0.3) is 0 Å². The second-order valence-electron chi connectivity index (χ2n) is 4.64. The maximum Gasteiger partial charge on any atom is 0.126 e. The van der Waals surface area contributed by atoms with Crippen molar-refractivity contribution in [3.63, 3.8) is 0 Å². The number of rotatable bonds is 2. The highest BCUT2D eigenvalue weighted by Crippen LogP contribution is 2.38. The Bertz CT molecular complexity index is 402. The first-order chi connectivity index (χ1) is 7.49. The lowest BCUT2D eigenvalue weighted by molar-refractivity contribution is 0.223. The summed E-state index contributed by atoms with van der Waals surface area (Å²) in [5.74, 6) is 0.0769. The van der Waals surface area contributed by atoms with E-state index >= 15 is 0 Å². The zero-order valence-corrected chi connectivity index (χ0v) is 9.97. The molecule has 0 spiro atoms. The third-order valence-corrected chi connectivity index (χ3v) is 3.68. The summed E-state index contributed by atoms with van der Waals surface area (Å²) < 4.78 is 13.4. The lowest BCUT2D eigenvalue weighted by Gasteiger charge is -2.37. The van der Waals surface area contributed by atoms with Gasteiger partial charge in [-0.05, 0) is 48.9 Å². The molecule has 0 heterocycles. The predicted octanol–water partition coefficient (Wildman–Crippen LogP) is 2.52. The van der Waals surface area contributed by atoms with Crippen LogP contribution in [0.2, 0.25) is 5.02 Å². The van der Waals surface area contributed by atoms with Crippen molar-refractivity contribution in [3.05, 3.63) is 34.1 Å². The highest BCUT2D eigenvalue weighted by atomic mass is 35.5. The third kappa shape index (κ3) is 2.08. The average molecular weight is 243 g/mol. The van der Waals surface area contributed by atoms with Crippen LogP contribution in [0.1, 0.15) is 30.0 Å². The van der Waals surface area contributed by atoms with E-state index < -0.39 is 0 Å². The van der Waals surface area contributed by atoms with Gasteiger partial charge in [-0.25, -0.2) is 4.39 Å². The summed E-state index contributed by atoms with van der Waals surface area (Å²) in [7, 11) is 0. The molecule has 0 amide bonds. The average Bonchev–Trinajstić information content (AvgIpc) is 2.18. The minimum absolute atomic E-state index is 0.206. The normalized spacial score (nSPS) is 26.3. The Hall–Kier alpha value is -0.640. The molecule has 0 saturated heterocycles. The van der Waals surface area contributed by atoms with Gasteiger partial charge in [0, 0.05) is 17.1 Å². The van der Waals surface area contributed by atoms with Crippen LogP contribution in [-0.4, -0.2) is 6.04 Å². The number of nitrogens with two attached hydrogens (primary N) is 2. The largest absolute Gasteiger partial charge is 0.328 e. The van der Waals surface area contributed by atoms with Gasteiger partial charge < -0.3 is 11.5 Å². The summed E-state index contributed by atoms with van der Waals surface area (Å²) >= 11 is 6.08. The van der Waals surface area contributed by atoms with Crippen molar-refractivity contribution < 1.29 is 4.39 Å². The van der Waals surface area contributed by atoms with E-state index in [1.165, 1.54) is 6.07 Å². The number of halogens is 2. The van der Waals surface area contributed by atoms with Crippen LogP contribution in [0.15, 0.2) is 12.1 Å². The number of hydrogen-bond donors (Lipinski definition) is 2. The van der Waals surface area contributed by atoms with E-state index in [1.807, 2.05) is 0 Å². The Kier molecular flexibility index (Phi) is 3.19. The van der Waals surface area contributed by atoms with Gasteiger partial charge >= 0.3 is 0 Å². The maximum atomic E-state index is 13.4. The molecule has 4 heteroatoms. The molecule has 1 atom stereocenters. The fourth-order valence-electron chi connectivity index (χ4n) is 2.17. The lowest BCUT2D eigenvalue weighted by Crippen LogP contribution is -2.41. The molecule has 1 aliphatic rings. The van der Waals surface area contributed by atoms with E-state index in [1.54, 1.807) is 13.0 Å². The zero-order chi connectivity index (χ0) is 11.9. The van der Waals surface area contributed by atoms with Crippen LogP contribution >= 0.6 is 11.6 Å². The van der Waals surface area contributed by atoms with Crippen molar-refractivity contribution in [1.82, 2.24) is 0 Å². The Morgan fingerprint density at radius 2 is 2.06 bits per heavy atom. The standard InChI is InChI=1S/C12H16ClFN2/c1-6-2-10(13)9(5-11(6)14)12(16)7-3-8(15)4-7/h2,5,7-8,12H,3-4,15-16H2,1H3. The van der Waals surface area contributed by atoms with Gasteiger partial charge in [-0.3, -0.25) is 0 Å². The van der Waals surface area contributed by atoms with Crippen LogP contribution in [0, 0.1) is 18.7 Å². The van der Waals surface area contributed by atoms with Crippen molar-refractivity contribution in [1.29, 1.82) is 0 Å². The summed E-state index contributed by atoms with van der Waals surface area (Å²) in [5.41, 5.74) is 13.0. The smallest absolute Gasteiger partial charge is 0.126 e. The molecule has 4 N–H and O–H groups in total. The van der Waals surface area contributed by atoms with E-state index in [-0.39, 0.29) is 17.9 Å². The molecule has 0 aromatic heterocycles. The molecule has 0 aliphatic heterocycles. The Balaban J connectivity index is 2.23. The number of hydrogen-bond acceptors (Lipinski definition) is 2. The van der Waals surface area contributed by atoms with Crippen molar-refractivity contribution in [2.45, 2.75) is 31.8 Å². The highest BCUT2D eigenvalue weighted by Gasteiger charge is 2.32. The Labute approximate surface area is 99.8 Å². The van der Waals surface area contributed by atoms with Gasteiger partial charge in [-0.15, -0.1) is 0 Å². The fourth-order valence-corrected chi connectivity index (χ4v) is 2.52. The SMILES string of the molecule is Cc1cc(Cl)c(C(N)C2CC(N)C2)cc1F. The van der Waals surface area contributed by atoms with E-state index in [4.69, 9.17) is 23.1 Å². The van der Waals surface area contributed by atoms with Crippen LogP contribution in [0.3, 0.4) is 0 Å². The summed E-state index contributed by atoms with van der Waals surface area (Å²) in [4.78, 5) is 0. The quantitative estimate of drug-likeness (QED) is 0.837. The first-order valence-corrected chi connectivity index (χ1v) is 5.83. The molecule has 2 nitrogen and oxygen atoms in total. The van der Waals surface area contributed by atoms with E-state index in [9.17, 15) is 4.39 Å². The summed E-state index contributed by atoms with van der Waals surface area (Å²) in [5, 5.41) is 0.548. The predicted molar refractivity (Wildman–Crippen MR) is 63.8 cm³/mol. The van der Waals surface area contributed by atoms with Crippen LogP contribution in [0.25, 0.3) is 0 Å². The zero-order valence-electron chi connectivity index (χ0n) is 9.21. The highest BCUT2D eigenvalue weighted by molar-refractivity contribution is 6.31. The third-order valence-electron chi connectivity index (χ3n) is 3.36. The van der Waals surface area contributed by atoms with E-state index in [0.29, 0.717) is 22.1 Å². The van der Waals surface area contributed by atoms with Crippen LogP contribution in [0.4, 0.5) is 4.39 Å². The van der Waals surface area contributed by atoms with Crippen LogP contribution in [0.5, 0.6) is 0 Å². The van der Waals surface area contributed by atoms with E-state index in [0.717, 1.165) is 12.8 Å². The molecule has 1 aliphatic carbocycles. The minimum Gasteiger partial charge on any atom is -0.328 e. The summed E-state index contributed by atoms with van der Waals surface area (Å²) in [6.07, 6.45) is 1.79. The van der Waals surface area contributed by atoms with E-state index in [2.05, 4.69) is 0 Å². The number of aryl methyl sites for hydroxylation is 1. The van der Waals surface area contributed by atoms with Gasteiger partial charge in [0.15, 0.2) is 0 Å². The summed E-state index contributed by atoms with van der Waals surface area (Å²) in [6, 6.07) is 3.11. The first-order valence-electron chi connectivity index (χ1n) is 5.45.